The summed E-state index contributed by atoms with van der Waals surface area (Å²) < 4.78 is 5.21. The van der Waals surface area contributed by atoms with Gasteiger partial charge < -0.3 is 15.2 Å². The molecule has 23 heavy (non-hydrogen) atoms. The molecule has 0 atom stereocenters. The molecule has 0 aliphatic heterocycles. The second-order valence-corrected chi connectivity index (χ2v) is 5.54. The Bertz CT molecular complexity index is 807. The first-order valence-corrected chi connectivity index (χ1v) is 7.68. The van der Waals surface area contributed by atoms with Gasteiger partial charge in [-0.1, -0.05) is 47.1 Å². The minimum atomic E-state index is 0.340. The summed E-state index contributed by atoms with van der Waals surface area (Å²) >= 11 is 11.2. The van der Waals surface area contributed by atoms with E-state index in [4.69, 9.17) is 28.3 Å². The molecule has 2 N–H and O–H groups in total. The first kappa shape index (κ1) is 15.5. The summed E-state index contributed by atoms with van der Waals surface area (Å²) in [5, 5.41) is 11.1. The molecule has 3 aromatic rings. The summed E-state index contributed by atoms with van der Waals surface area (Å²) in [5.74, 6) is 0.934. The number of anilines is 1. The molecule has 5 nitrogen and oxygen atoms in total. The van der Waals surface area contributed by atoms with Crippen molar-refractivity contribution < 1.29 is 4.52 Å². The Hall–Kier alpha value is -2.44. The van der Waals surface area contributed by atoms with Gasteiger partial charge in [0.15, 0.2) is 5.11 Å². The molecule has 0 saturated carbocycles. The summed E-state index contributed by atoms with van der Waals surface area (Å²) in [5.41, 5.74) is 1.72. The summed E-state index contributed by atoms with van der Waals surface area (Å²) in [7, 11) is 0. The van der Waals surface area contributed by atoms with Crippen molar-refractivity contribution in [1.82, 2.24) is 15.5 Å². The lowest BCUT2D eigenvalue weighted by Crippen LogP contribution is -2.27. The number of hydrogen-bond donors (Lipinski definition) is 2. The minimum Gasteiger partial charge on any atom is -0.353 e. The molecule has 7 heteroatoms. The van der Waals surface area contributed by atoms with E-state index in [1.165, 1.54) is 0 Å². The second kappa shape index (κ2) is 7.21. The topological polar surface area (TPSA) is 63.0 Å². The van der Waals surface area contributed by atoms with Crippen LogP contribution in [0.2, 0.25) is 5.02 Å². The van der Waals surface area contributed by atoms with Crippen molar-refractivity contribution in [2.45, 2.75) is 6.54 Å². The summed E-state index contributed by atoms with van der Waals surface area (Å²) in [6, 6.07) is 16.9. The first-order chi connectivity index (χ1) is 11.2. The van der Waals surface area contributed by atoms with Crippen LogP contribution in [0, 0.1) is 0 Å². The normalized spacial score (nSPS) is 10.3. The van der Waals surface area contributed by atoms with E-state index in [-0.39, 0.29) is 0 Å². The number of nitrogens with zero attached hydrogens (tertiary/aromatic N) is 2. The molecule has 0 saturated heterocycles. The zero-order valence-electron chi connectivity index (χ0n) is 12.0. The van der Waals surface area contributed by atoms with Crippen LogP contribution in [0.25, 0.3) is 11.4 Å². The Balaban J connectivity index is 1.58. The van der Waals surface area contributed by atoms with E-state index in [0.29, 0.717) is 28.4 Å². The van der Waals surface area contributed by atoms with Crippen molar-refractivity contribution in [2.24, 2.45) is 0 Å². The van der Waals surface area contributed by atoms with Gasteiger partial charge in [-0.2, -0.15) is 4.98 Å². The molecule has 0 bridgehead atoms. The molecule has 116 valence electrons. The molecule has 3 rings (SSSR count). The quantitative estimate of drug-likeness (QED) is 0.700. The number of thiocarbonyl (C=S) groups is 1. The predicted octanol–water partition coefficient (Wildman–Crippen LogP) is 3.88. The van der Waals surface area contributed by atoms with Crippen molar-refractivity contribution in [3.05, 3.63) is 65.5 Å². The highest BCUT2D eigenvalue weighted by Gasteiger charge is 2.09. The van der Waals surface area contributed by atoms with Gasteiger partial charge in [-0.25, -0.2) is 0 Å². The zero-order chi connectivity index (χ0) is 16.1. The number of benzene rings is 2. The maximum atomic E-state index is 5.96. The monoisotopic (exact) mass is 344 g/mol. The van der Waals surface area contributed by atoms with Crippen LogP contribution in [-0.2, 0) is 6.54 Å². The van der Waals surface area contributed by atoms with Crippen LogP contribution in [-0.4, -0.2) is 15.3 Å². The molecule has 0 aliphatic rings. The Morgan fingerprint density at radius 3 is 2.74 bits per heavy atom. The lowest BCUT2D eigenvalue weighted by Gasteiger charge is -2.08. The van der Waals surface area contributed by atoms with Crippen molar-refractivity contribution >= 4 is 34.6 Å². The molecule has 0 aliphatic carbocycles. The Labute approximate surface area is 143 Å². The lowest BCUT2D eigenvalue weighted by atomic mass is 10.2. The van der Waals surface area contributed by atoms with E-state index in [1.807, 2.05) is 42.5 Å². The van der Waals surface area contributed by atoms with E-state index in [1.54, 1.807) is 12.1 Å². The Kier molecular flexibility index (Phi) is 4.85. The standard InChI is InChI=1S/C16H13ClN4OS/c17-12-6-4-5-11(9-12)15-20-14(22-21-15)10-18-16(23)19-13-7-2-1-3-8-13/h1-9H,10H2,(H2,18,19,23). The highest BCUT2D eigenvalue weighted by Crippen LogP contribution is 2.19. The minimum absolute atomic E-state index is 0.340. The van der Waals surface area contributed by atoms with Crippen molar-refractivity contribution in [3.8, 4) is 11.4 Å². The Morgan fingerprint density at radius 2 is 1.96 bits per heavy atom. The van der Waals surface area contributed by atoms with E-state index >= 15 is 0 Å². The zero-order valence-corrected chi connectivity index (χ0v) is 13.6. The predicted molar refractivity (Wildman–Crippen MR) is 94.2 cm³/mol. The number of rotatable bonds is 4. The van der Waals surface area contributed by atoms with E-state index in [9.17, 15) is 0 Å². The van der Waals surface area contributed by atoms with Gasteiger partial charge in [0.25, 0.3) is 0 Å². The van der Waals surface area contributed by atoms with Gasteiger partial charge in [-0.15, -0.1) is 0 Å². The van der Waals surface area contributed by atoms with Gasteiger partial charge >= 0.3 is 0 Å². The molecular formula is C16H13ClN4OS. The van der Waals surface area contributed by atoms with Gasteiger partial charge in [-0.05, 0) is 36.5 Å². The van der Waals surface area contributed by atoms with Gasteiger partial charge in [-0.3, -0.25) is 0 Å². The van der Waals surface area contributed by atoms with Crippen LogP contribution in [0.3, 0.4) is 0 Å². The SMILES string of the molecule is S=C(NCc1nc(-c2cccc(Cl)c2)no1)Nc1ccccc1. The molecule has 2 aromatic carbocycles. The highest BCUT2D eigenvalue weighted by atomic mass is 35.5. The third kappa shape index (κ3) is 4.28. The maximum Gasteiger partial charge on any atom is 0.246 e. The maximum absolute atomic E-state index is 5.96. The third-order valence-electron chi connectivity index (χ3n) is 2.98. The molecule has 1 heterocycles. The van der Waals surface area contributed by atoms with Gasteiger partial charge in [0, 0.05) is 16.3 Å². The highest BCUT2D eigenvalue weighted by molar-refractivity contribution is 7.80. The molecule has 0 radical (unpaired) electrons. The number of aromatic nitrogens is 2. The van der Waals surface area contributed by atoms with Gasteiger partial charge in [0.05, 0.1) is 6.54 Å². The first-order valence-electron chi connectivity index (χ1n) is 6.89. The van der Waals surface area contributed by atoms with Crippen molar-refractivity contribution in [3.63, 3.8) is 0 Å². The van der Waals surface area contributed by atoms with Crippen LogP contribution in [0.4, 0.5) is 5.69 Å². The summed E-state index contributed by atoms with van der Waals surface area (Å²) in [6.07, 6.45) is 0. The average molecular weight is 345 g/mol. The average Bonchev–Trinajstić information content (AvgIpc) is 3.03. The molecule has 0 spiro atoms. The van der Waals surface area contributed by atoms with E-state index in [0.717, 1.165) is 11.3 Å². The van der Waals surface area contributed by atoms with Crippen LogP contribution in [0.1, 0.15) is 5.89 Å². The number of halogens is 1. The van der Waals surface area contributed by atoms with E-state index in [2.05, 4.69) is 20.8 Å². The second-order valence-electron chi connectivity index (χ2n) is 4.70. The fraction of sp³-hybridized carbons (Fsp3) is 0.0625. The van der Waals surface area contributed by atoms with Crippen LogP contribution in [0.15, 0.2) is 59.1 Å². The van der Waals surface area contributed by atoms with E-state index < -0.39 is 0 Å². The molecule has 1 aromatic heterocycles. The third-order valence-corrected chi connectivity index (χ3v) is 3.46. The van der Waals surface area contributed by atoms with Crippen LogP contribution >= 0.6 is 23.8 Å². The number of nitrogens with one attached hydrogen (secondary N) is 2. The fourth-order valence-corrected chi connectivity index (χ4v) is 2.30. The van der Waals surface area contributed by atoms with Gasteiger partial charge in [0.2, 0.25) is 11.7 Å². The smallest absolute Gasteiger partial charge is 0.246 e. The fourth-order valence-electron chi connectivity index (χ4n) is 1.92. The lowest BCUT2D eigenvalue weighted by molar-refractivity contribution is 0.376. The van der Waals surface area contributed by atoms with Crippen LogP contribution < -0.4 is 10.6 Å². The molecular weight excluding hydrogens is 332 g/mol. The Morgan fingerprint density at radius 1 is 1.13 bits per heavy atom. The van der Waals surface area contributed by atoms with Gasteiger partial charge in [0.1, 0.15) is 0 Å². The number of hydrogen-bond acceptors (Lipinski definition) is 4. The molecule has 0 unspecified atom stereocenters. The summed E-state index contributed by atoms with van der Waals surface area (Å²) in [4.78, 5) is 4.31. The van der Waals surface area contributed by atoms with Crippen molar-refractivity contribution in [2.75, 3.05) is 5.32 Å². The van der Waals surface area contributed by atoms with Crippen LogP contribution in [0.5, 0.6) is 0 Å². The number of para-hydroxylation sites is 1. The summed E-state index contributed by atoms with van der Waals surface area (Å²) in [6.45, 7) is 0.340. The molecule has 0 amide bonds. The molecule has 0 fully saturated rings. The van der Waals surface area contributed by atoms with Crippen molar-refractivity contribution in [1.29, 1.82) is 0 Å². The largest absolute Gasteiger partial charge is 0.353 e.